The van der Waals surface area contributed by atoms with Gasteiger partial charge in [-0.3, -0.25) is 0 Å². The number of hydrogen-bond donors (Lipinski definition) is 1. The Labute approximate surface area is 68.3 Å². The third-order valence-corrected chi connectivity index (χ3v) is 1.81. The zero-order chi connectivity index (χ0) is 8.48. The molecular weight excluding hydrogens is 188 g/mol. The average Bonchev–Trinajstić information content (AvgIpc) is 2.10. The summed E-state index contributed by atoms with van der Waals surface area (Å²) >= 11 is 4.54. The van der Waals surface area contributed by atoms with E-state index < -0.39 is 9.84 Å². The lowest BCUT2D eigenvalue weighted by atomic mass is 10.8. The normalized spacial score (nSPS) is 11.7. The van der Waals surface area contributed by atoms with Gasteiger partial charge in [0.25, 0.3) is 4.84 Å². The van der Waals surface area contributed by atoms with Crippen LogP contribution in [-0.2, 0) is 15.6 Å². The summed E-state index contributed by atoms with van der Waals surface area (Å²) in [7, 11) is -3.09. The highest BCUT2D eigenvalue weighted by atomic mass is 32.2. The van der Waals surface area contributed by atoms with Crippen molar-refractivity contribution in [2.24, 2.45) is 0 Å². The molecule has 0 fully saturated rings. The van der Waals surface area contributed by atoms with Gasteiger partial charge in [-0.2, -0.15) is 0 Å². The van der Waals surface area contributed by atoms with E-state index in [1.807, 2.05) is 0 Å². The summed E-state index contributed by atoms with van der Waals surface area (Å²) < 4.78 is 26.1. The van der Waals surface area contributed by atoms with Gasteiger partial charge >= 0.3 is 0 Å². The lowest BCUT2D eigenvalue weighted by molar-refractivity contribution is 0.494. The van der Waals surface area contributed by atoms with E-state index in [0.29, 0.717) is 0 Å². The third-order valence-electron chi connectivity index (χ3n) is 0.868. The highest BCUT2D eigenvalue weighted by molar-refractivity contribution is 7.89. The Morgan fingerprint density at radius 1 is 1.73 bits per heavy atom. The molecule has 0 saturated heterocycles. The maximum atomic E-state index is 10.7. The summed E-state index contributed by atoms with van der Waals surface area (Å²) in [6.45, 7) is 0. The monoisotopic (exact) mass is 194 g/mol. The summed E-state index contributed by atoms with van der Waals surface area (Å²) in [5.41, 5.74) is 0. The molecular formula is C4H6N2O3S2. The van der Waals surface area contributed by atoms with Crippen LogP contribution in [0.1, 0.15) is 5.89 Å². The molecule has 0 bridgehead atoms. The van der Waals surface area contributed by atoms with Crippen LogP contribution in [0, 0.1) is 4.84 Å². The minimum Gasteiger partial charge on any atom is -0.413 e. The number of hydrogen-bond acceptors (Lipinski definition) is 5. The van der Waals surface area contributed by atoms with Gasteiger partial charge in [0.05, 0.1) is 0 Å². The smallest absolute Gasteiger partial charge is 0.284 e. The predicted octanol–water partition coefficient (Wildman–Crippen LogP) is 0.277. The maximum Gasteiger partial charge on any atom is 0.284 e. The van der Waals surface area contributed by atoms with Crippen LogP contribution in [0.3, 0.4) is 0 Å². The molecule has 62 valence electrons. The van der Waals surface area contributed by atoms with Crippen LogP contribution in [0.25, 0.3) is 0 Å². The molecule has 1 N–H and O–H groups in total. The minimum absolute atomic E-state index is 0.0867. The molecule has 1 heterocycles. The Balaban J connectivity index is 2.90. The van der Waals surface area contributed by atoms with Crippen LogP contribution in [0.5, 0.6) is 0 Å². The van der Waals surface area contributed by atoms with Gasteiger partial charge in [0, 0.05) is 6.26 Å². The molecule has 0 aliphatic rings. The van der Waals surface area contributed by atoms with E-state index in [2.05, 4.69) is 22.4 Å². The van der Waals surface area contributed by atoms with Crippen molar-refractivity contribution < 1.29 is 12.8 Å². The van der Waals surface area contributed by atoms with Gasteiger partial charge in [0.2, 0.25) is 5.89 Å². The Kier molecular flexibility index (Phi) is 2.10. The second kappa shape index (κ2) is 2.74. The van der Waals surface area contributed by atoms with Crippen LogP contribution in [0.2, 0.25) is 0 Å². The molecule has 1 aromatic rings. The van der Waals surface area contributed by atoms with Gasteiger partial charge in [0.1, 0.15) is 5.75 Å². The van der Waals surface area contributed by atoms with Crippen molar-refractivity contribution in [3.05, 3.63) is 10.7 Å². The molecule has 0 unspecified atom stereocenters. The second-order valence-corrected chi connectivity index (χ2v) is 4.59. The maximum absolute atomic E-state index is 10.7. The highest BCUT2D eigenvalue weighted by Gasteiger charge is 2.08. The molecule has 5 nitrogen and oxygen atoms in total. The first-order chi connectivity index (χ1) is 4.97. The van der Waals surface area contributed by atoms with Crippen molar-refractivity contribution in [1.29, 1.82) is 0 Å². The van der Waals surface area contributed by atoms with E-state index in [-0.39, 0.29) is 16.5 Å². The van der Waals surface area contributed by atoms with Crippen molar-refractivity contribution in [3.8, 4) is 0 Å². The number of sulfone groups is 1. The van der Waals surface area contributed by atoms with Crippen molar-refractivity contribution in [1.82, 2.24) is 10.2 Å². The fraction of sp³-hybridized carbons (Fsp3) is 0.500. The minimum atomic E-state index is -3.09. The summed E-state index contributed by atoms with van der Waals surface area (Å²) in [4.78, 5) is 0.0867. The van der Waals surface area contributed by atoms with Crippen molar-refractivity contribution in [3.63, 3.8) is 0 Å². The topological polar surface area (TPSA) is 76.0 Å². The third kappa shape index (κ3) is 2.81. The Hall–Kier alpha value is -0.690. The van der Waals surface area contributed by atoms with Crippen molar-refractivity contribution in [2.45, 2.75) is 5.75 Å². The summed E-state index contributed by atoms with van der Waals surface area (Å²) in [6, 6.07) is 0. The number of rotatable bonds is 2. The molecule has 0 atom stereocenters. The lowest BCUT2D eigenvalue weighted by Crippen LogP contribution is -2.00. The van der Waals surface area contributed by atoms with Gasteiger partial charge in [-0.05, 0) is 12.2 Å². The Bertz CT molecular complexity index is 387. The quantitative estimate of drug-likeness (QED) is 0.684. The number of nitrogens with zero attached hydrogens (tertiary/aromatic N) is 1. The van der Waals surface area contributed by atoms with Crippen molar-refractivity contribution >= 4 is 22.1 Å². The number of aromatic amines is 1. The molecule has 1 aromatic heterocycles. The van der Waals surface area contributed by atoms with Crippen LogP contribution in [-0.4, -0.2) is 24.9 Å². The van der Waals surface area contributed by atoms with Gasteiger partial charge in [-0.1, -0.05) is 0 Å². The van der Waals surface area contributed by atoms with Crippen LogP contribution in [0.15, 0.2) is 4.42 Å². The standard InChI is InChI=1S/C4H6N2O3S2/c1-11(7,8)2-3-5-6-4(10)9-3/h2H2,1H3,(H,6,10). The molecule has 0 amide bonds. The molecule has 0 aliphatic carbocycles. The second-order valence-electron chi connectivity index (χ2n) is 2.08. The fourth-order valence-corrected chi connectivity index (χ4v) is 1.26. The summed E-state index contributed by atoms with van der Waals surface area (Å²) in [5, 5.41) is 5.85. The predicted molar refractivity (Wildman–Crippen MR) is 40.2 cm³/mol. The van der Waals surface area contributed by atoms with Gasteiger partial charge < -0.3 is 4.42 Å². The SMILES string of the molecule is CS(=O)(=O)Cc1n[nH]c(=S)o1. The van der Waals surface area contributed by atoms with E-state index in [0.717, 1.165) is 6.26 Å². The lowest BCUT2D eigenvalue weighted by Gasteiger charge is -1.88. The molecule has 0 aromatic carbocycles. The number of H-pyrrole nitrogens is 1. The van der Waals surface area contributed by atoms with Crippen LogP contribution < -0.4 is 0 Å². The molecule has 0 saturated carbocycles. The Morgan fingerprint density at radius 2 is 2.36 bits per heavy atom. The van der Waals surface area contributed by atoms with E-state index in [9.17, 15) is 8.42 Å². The largest absolute Gasteiger partial charge is 0.413 e. The number of nitrogens with one attached hydrogen (secondary N) is 1. The van der Waals surface area contributed by atoms with Crippen LogP contribution in [0.4, 0.5) is 0 Å². The summed E-state index contributed by atoms with van der Waals surface area (Å²) in [5.74, 6) is -0.127. The molecule has 7 heteroatoms. The van der Waals surface area contributed by atoms with E-state index in [1.54, 1.807) is 0 Å². The first kappa shape index (κ1) is 8.41. The number of aromatic nitrogens is 2. The molecule has 0 radical (unpaired) electrons. The van der Waals surface area contributed by atoms with E-state index >= 15 is 0 Å². The molecule has 0 spiro atoms. The fourth-order valence-electron chi connectivity index (χ4n) is 0.547. The van der Waals surface area contributed by atoms with Crippen molar-refractivity contribution in [2.75, 3.05) is 6.26 Å². The van der Waals surface area contributed by atoms with Gasteiger partial charge in [0.15, 0.2) is 9.84 Å². The molecule has 11 heavy (non-hydrogen) atoms. The zero-order valence-electron chi connectivity index (χ0n) is 5.70. The summed E-state index contributed by atoms with van der Waals surface area (Å²) in [6.07, 6.45) is 1.10. The van der Waals surface area contributed by atoms with E-state index in [1.165, 1.54) is 0 Å². The van der Waals surface area contributed by atoms with Crippen LogP contribution >= 0.6 is 12.2 Å². The first-order valence-corrected chi connectivity index (χ1v) is 5.16. The van der Waals surface area contributed by atoms with Gasteiger partial charge in [-0.15, -0.1) is 5.10 Å². The first-order valence-electron chi connectivity index (χ1n) is 2.69. The average molecular weight is 194 g/mol. The zero-order valence-corrected chi connectivity index (χ0v) is 7.33. The van der Waals surface area contributed by atoms with Gasteiger partial charge in [-0.25, -0.2) is 13.5 Å². The molecule has 0 aliphatic heterocycles. The highest BCUT2D eigenvalue weighted by Crippen LogP contribution is 1.99. The molecule has 1 rings (SSSR count). The van der Waals surface area contributed by atoms with E-state index in [4.69, 9.17) is 4.42 Å². The Morgan fingerprint density at radius 3 is 2.73 bits per heavy atom.